The van der Waals surface area contributed by atoms with Gasteiger partial charge in [-0.15, -0.1) is 0 Å². The van der Waals surface area contributed by atoms with Crippen LogP contribution in [-0.2, 0) is 22.5 Å². The number of amides is 2. The number of hydrogen-bond acceptors (Lipinski definition) is 5. The molecule has 0 radical (unpaired) electrons. The number of carbonyl (C=O) groups excluding carboxylic acids is 2. The molecule has 7 nitrogen and oxygen atoms in total. The zero-order chi connectivity index (χ0) is 20.8. The molecule has 0 saturated carbocycles. The first-order valence-electron chi connectivity index (χ1n) is 9.18. The van der Waals surface area contributed by atoms with E-state index in [-0.39, 0.29) is 30.4 Å². The second-order valence-corrected chi connectivity index (χ2v) is 6.35. The fourth-order valence-corrected chi connectivity index (χ4v) is 2.93. The summed E-state index contributed by atoms with van der Waals surface area (Å²) >= 11 is 0. The lowest BCUT2D eigenvalue weighted by Gasteiger charge is -2.15. The van der Waals surface area contributed by atoms with E-state index in [1.165, 1.54) is 12.3 Å². The number of carbonyl (C=O) groups is 2. The third-order valence-corrected chi connectivity index (χ3v) is 4.47. The van der Waals surface area contributed by atoms with Crippen molar-refractivity contribution in [2.45, 2.75) is 19.9 Å². The smallest absolute Gasteiger partial charge is 0.276 e. The average molecular weight is 399 g/mol. The summed E-state index contributed by atoms with van der Waals surface area (Å²) in [5.74, 6) is -1.22. The van der Waals surface area contributed by atoms with Crippen LogP contribution in [0.2, 0.25) is 0 Å². The summed E-state index contributed by atoms with van der Waals surface area (Å²) in [5, 5.41) is 5.63. The second-order valence-electron chi connectivity index (χ2n) is 6.35. The van der Waals surface area contributed by atoms with Gasteiger partial charge < -0.3 is 15.4 Å². The molecule has 0 unspecified atom stereocenters. The number of nitrogens with one attached hydrogen (secondary N) is 3. The van der Waals surface area contributed by atoms with Gasteiger partial charge in [0.25, 0.3) is 11.8 Å². The fraction of sp³-hybridized carbons (Fsp3) is 0.238. The van der Waals surface area contributed by atoms with E-state index in [2.05, 4.69) is 22.7 Å². The molecule has 3 N–H and O–H groups in total. The average Bonchev–Trinajstić information content (AvgIpc) is 3.08. The summed E-state index contributed by atoms with van der Waals surface area (Å²) in [6.45, 7) is 6.02. The van der Waals surface area contributed by atoms with Crippen LogP contribution in [0.15, 0.2) is 43.2 Å². The van der Waals surface area contributed by atoms with E-state index >= 15 is 0 Å². The summed E-state index contributed by atoms with van der Waals surface area (Å²) < 4.78 is 19.4. The van der Waals surface area contributed by atoms with E-state index in [1.54, 1.807) is 24.3 Å². The number of anilines is 2. The van der Waals surface area contributed by atoms with E-state index in [0.717, 1.165) is 5.56 Å². The minimum Gasteiger partial charge on any atom is -0.499 e. The molecule has 3 rings (SSSR count). The number of aryl methyl sites for hydroxylation is 1. The Kier molecular flexibility index (Phi) is 6.46. The summed E-state index contributed by atoms with van der Waals surface area (Å²) in [7, 11) is 0. The van der Waals surface area contributed by atoms with E-state index in [9.17, 15) is 14.0 Å². The van der Waals surface area contributed by atoms with E-state index in [0.29, 0.717) is 29.8 Å². The number of hydroxylamine groups is 1. The van der Waals surface area contributed by atoms with Crippen molar-refractivity contribution in [2.75, 3.05) is 18.5 Å². The van der Waals surface area contributed by atoms with Gasteiger partial charge in [0.15, 0.2) is 0 Å². The quantitative estimate of drug-likeness (QED) is 0.342. The lowest BCUT2D eigenvalue weighted by Crippen LogP contribution is -2.26. The SMILES string of the molecule is C=COCCONC(=O)c1cc2c(cc1Nc1ccc(CC)cc1F)C(=O)NC2. The summed E-state index contributed by atoms with van der Waals surface area (Å²) in [4.78, 5) is 29.7. The van der Waals surface area contributed by atoms with E-state index in [1.807, 2.05) is 6.92 Å². The Bertz CT molecular complexity index is 946. The molecule has 0 saturated heterocycles. The summed E-state index contributed by atoms with van der Waals surface area (Å²) in [6, 6.07) is 7.97. The zero-order valence-electron chi connectivity index (χ0n) is 16.0. The van der Waals surface area contributed by atoms with Gasteiger partial charge in [0, 0.05) is 12.1 Å². The predicted molar refractivity (Wildman–Crippen MR) is 106 cm³/mol. The molecule has 8 heteroatoms. The number of ether oxygens (including phenoxy) is 1. The third kappa shape index (κ3) is 4.72. The molecule has 2 aromatic carbocycles. The maximum atomic E-state index is 14.4. The molecule has 29 heavy (non-hydrogen) atoms. The lowest BCUT2D eigenvalue weighted by molar-refractivity contribution is 0.0145. The largest absolute Gasteiger partial charge is 0.499 e. The van der Waals surface area contributed by atoms with Gasteiger partial charge in [0.2, 0.25) is 0 Å². The van der Waals surface area contributed by atoms with Crippen LogP contribution in [0.4, 0.5) is 15.8 Å². The second kappa shape index (κ2) is 9.20. The molecule has 0 fully saturated rings. The minimum absolute atomic E-state index is 0.124. The number of rotatable bonds is 9. The molecule has 0 aliphatic carbocycles. The van der Waals surface area contributed by atoms with Gasteiger partial charge in [-0.05, 0) is 41.8 Å². The first-order valence-corrected chi connectivity index (χ1v) is 9.18. The molecule has 0 atom stereocenters. The van der Waals surface area contributed by atoms with Crippen molar-refractivity contribution in [3.8, 4) is 0 Å². The molecular weight excluding hydrogens is 377 g/mol. The monoisotopic (exact) mass is 399 g/mol. The fourth-order valence-electron chi connectivity index (χ4n) is 2.93. The van der Waals surface area contributed by atoms with E-state index in [4.69, 9.17) is 9.57 Å². The highest BCUT2D eigenvalue weighted by Crippen LogP contribution is 2.29. The molecule has 0 spiro atoms. The Labute approximate surface area is 167 Å². The van der Waals surface area contributed by atoms with Crippen molar-refractivity contribution in [3.05, 3.63) is 71.2 Å². The molecule has 1 aliphatic heterocycles. The molecule has 0 bridgehead atoms. The Morgan fingerprint density at radius 2 is 2.10 bits per heavy atom. The van der Waals surface area contributed by atoms with Crippen LogP contribution in [0, 0.1) is 5.82 Å². The van der Waals surface area contributed by atoms with Crippen LogP contribution in [0.1, 0.15) is 38.8 Å². The molecule has 2 amide bonds. The molecule has 152 valence electrons. The standard InChI is InChI=1S/C21H22FN3O4/c1-3-13-5-6-18(17(22)9-13)24-19-11-15-14(12-23-20(15)26)10-16(19)21(27)25-29-8-7-28-4-2/h4-6,9-11,24H,2-3,7-8,12H2,1H3,(H,23,26)(H,25,27). The van der Waals surface area contributed by atoms with E-state index < -0.39 is 11.7 Å². The summed E-state index contributed by atoms with van der Waals surface area (Å²) in [5.41, 5.74) is 5.03. The van der Waals surface area contributed by atoms with Crippen LogP contribution >= 0.6 is 0 Å². The molecule has 2 aromatic rings. The van der Waals surface area contributed by atoms with Gasteiger partial charge >= 0.3 is 0 Å². The number of hydrogen-bond donors (Lipinski definition) is 3. The molecular formula is C21H22FN3O4. The minimum atomic E-state index is -0.529. The van der Waals surface area contributed by atoms with Crippen LogP contribution < -0.4 is 16.1 Å². The molecule has 0 aromatic heterocycles. The summed E-state index contributed by atoms with van der Waals surface area (Å²) in [6.07, 6.45) is 1.98. The highest BCUT2D eigenvalue weighted by atomic mass is 19.1. The van der Waals surface area contributed by atoms with Crippen LogP contribution in [0.25, 0.3) is 0 Å². The Morgan fingerprint density at radius 3 is 2.83 bits per heavy atom. The van der Waals surface area contributed by atoms with Gasteiger partial charge in [0.05, 0.1) is 23.2 Å². The maximum Gasteiger partial charge on any atom is 0.276 e. The van der Waals surface area contributed by atoms with Crippen molar-refractivity contribution >= 4 is 23.2 Å². The van der Waals surface area contributed by atoms with Crippen LogP contribution in [-0.4, -0.2) is 25.0 Å². The highest BCUT2D eigenvalue weighted by molar-refractivity contribution is 6.05. The van der Waals surface area contributed by atoms with Crippen molar-refractivity contribution in [1.29, 1.82) is 0 Å². The van der Waals surface area contributed by atoms with Gasteiger partial charge in [-0.1, -0.05) is 19.6 Å². The third-order valence-electron chi connectivity index (χ3n) is 4.47. The van der Waals surface area contributed by atoms with Gasteiger partial charge in [-0.3, -0.25) is 14.4 Å². The topological polar surface area (TPSA) is 88.7 Å². The maximum absolute atomic E-state index is 14.4. The van der Waals surface area contributed by atoms with Gasteiger partial charge in [0.1, 0.15) is 19.0 Å². The molecule has 1 heterocycles. The predicted octanol–water partition coefficient (Wildman–Crippen LogP) is 3.20. The van der Waals surface area contributed by atoms with Gasteiger partial charge in [-0.2, -0.15) is 0 Å². The van der Waals surface area contributed by atoms with Crippen molar-refractivity contribution in [2.24, 2.45) is 0 Å². The van der Waals surface area contributed by atoms with Crippen LogP contribution in [0.5, 0.6) is 0 Å². The highest BCUT2D eigenvalue weighted by Gasteiger charge is 2.24. The van der Waals surface area contributed by atoms with Crippen molar-refractivity contribution in [3.63, 3.8) is 0 Å². The first kappa shape index (κ1) is 20.3. The number of benzene rings is 2. The normalized spacial score (nSPS) is 12.1. The first-order chi connectivity index (χ1) is 14.0. The number of fused-ring (bicyclic) bond motifs is 1. The van der Waals surface area contributed by atoms with Crippen LogP contribution in [0.3, 0.4) is 0 Å². The number of halogens is 1. The zero-order valence-corrected chi connectivity index (χ0v) is 16.0. The van der Waals surface area contributed by atoms with Crippen molar-refractivity contribution in [1.82, 2.24) is 10.8 Å². The Balaban J connectivity index is 1.86. The van der Waals surface area contributed by atoms with Crippen molar-refractivity contribution < 1.29 is 23.6 Å². The lowest BCUT2D eigenvalue weighted by atomic mass is 10.0. The Hall–Kier alpha value is -3.39. The Morgan fingerprint density at radius 1 is 1.28 bits per heavy atom. The van der Waals surface area contributed by atoms with Gasteiger partial charge in [-0.25, -0.2) is 9.87 Å². The molecule has 1 aliphatic rings.